The van der Waals surface area contributed by atoms with Crippen LogP contribution < -0.4 is 4.90 Å². The van der Waals surface area contributed by atoms with Gasteiger partial charge in [-0.25, -0.2) is 9.97 Å². The van der Waals surface area contributed by atoms with E-state index in [1.54, 1.807) is 17.7 Å². The van der Waals surface area contributed by atoms with Gasteiger partial charge in [-0.15, -0.1) is 11.3 Å². The van der Waals surface area contributed by atoms with E-state index in [4.69, 9.17) is 0 Å². The molecule has 0 saturated carbocycles. The molecule has 122 valence electrons. The Labute approximate surface area is 140 Å². The topological polar surface area (TPSA) is 49.3 Å². The highest BCUT2D eigenvalue weighted by Gasteiger charge is 2.33. The highest BCUT2D eigenvalue weighted by atomic mass is 32.1. The van der Waals surface area contributed by atoms with Crippen LogP contribution in [0.2, 0.25) is 0 Å². The Morgan fingerprint density at radius 1 is 1.22 bits per heavy atom. The number of carbonyl (C=O) groups excluding carboxylic acids is 1. The first-order valence-electron chi connectivity index (χ1n) is 8.46. The van der Waals surface area contributed by atoms with Crippen LogP contribution in [-0.2, 0) is 4.79 Å². The van der Waals surface area contributed by atoms with E-state index >= 15 is 0 Å². The molecular weight excluding hydrogens is 308 g/mol. The normalized spacial score (nSPS) is 22.0. The average Bonchev–Trinajstić information content (AvgIpc) is 3.22. The van der Waals surface area contributed by atoms with Gasteiger partial charge in [-0.1, -0.05) is 0 Å². The van der Waals surface area contributed by atoms with Gasteiger partial charge in [0.2, 0.25) is 5.91 Å². The number of aromatic nitrogens is 2. The molecule has 2 aliphatic rings. The van der Waals surface area contributed by atoms with Gasteiger partial charge in [0, 0.05) is 26.2 Å². The van der Waals surface area contributed by atoms with Crippen LogP contribution in [0.15, 0.2) is 11.7 Å². The number of thiophene rings is 1. The van der Waals surface area contributed by atoms with E-state index in [1.165, 1.54) is 12.0 Å². The molecule has 1 unspecified atom stereocenters. The van der Waals surface area contributed by atoms with Gasteiger partial charge < -0.3 is 9.80 Å². The second-order valence-electron chi connectivity index (χ2n) is 6.61. The van der Waals surface area contributed by atoms with E-state index in [0.29, 0.717) is 5.91 Å². The highest BCUT2D eigenvalue weighted by Crippen LogP contribution is 2.33. The summed E-state index contributed by atoms with van der Waals surface area (Å²) in [5, 5.41) is 2.13. The summed E-state index contributed by atoms with van der Waals surface area (Å²) in [4.78, 5) is 26.0. The zero-order valence-electron chi connectivity index (χ0n) is 13.5. The molecule has 5 nitrogen and oxygen atoms in total. The number of likely N-dealkylation sites (tertiary alicyclic amines) is 1. The third-order valence-electron chi connectivity index (χ3n) is 5.02. The van der Waals surface area contributed by atoms with Gasteiger partial charge >= 0.3 is 0 Å². The van der Waals surface area contributed by atoms with Crippen molar-refractivity contribution in [2.45, 2.75) is 32.6 Å². The van der Waals surface area contributed by atoms with E-state index < -0.39 is 0 Å². The highest BCUT2D eigenvalue weighted by molar-refractivity contribution is 7.18. The number of carbonyl (C=O) groups is 1. The molecule has 23 heavy (non-hydrogen) atoms. The molecule has 0 aliphatic carbocycles. The molecule has 4 rings (SSSR count). The molecule has 4 heterocycles. The van der Waals surface area contributed by atoms with Gasteiger partial charge in [-0.2, -0.15) is 0 Å². The largest absolute Gasteiger partial charge is 0.355 e. The average molecular weight is 330 g/mol. The number of piperidine rings is 1. The van der Waals surface area contributed by atoms with Gasteiger partial charge in [0.25, 0.3) is 0 Å². The molecule has 0 spiro atoms. The zero-order chi connectivity index (χ0) is 15.8. The summed E-state index contributed by atoms with van der Waals surface area (Å²) in [6.45, 7) is 5.67. The number of amides is 1. The van der Waals surface area contributed by atoms with Crippen molar-refractivity contribution in [2.75, 3.05) is 31.1 Å². The third-order valence-corrected chi connectivity index (χ3v) is 6.10. The maximum atomic E-state index is 12.7. The van der Waals surface area contributed by atoms with E-state index in [9.17, 15) is 4.79 Å². The standard InChI is InChI=1S/C17H22N4OS/c1-12-10-23-15-14(12)18-11-19-16(15)21-8-5-13(9-21)17(22)20-6-3-2-4-7-20/h10-11,13H,2-9H2,1H3. The van der Waals surface area contributed by atoms with E-state index in [1.807, 2.05) is 0 Å². The minimum absolute atomic E-state index is 0.124. The van der Waals surface area contributed by atoms with Crippen LogP contribution in [0.5, 0.6) is 0 Å². The lowest BCUT2D eigenvalue weighted by molar-refractivity contribution is -0.135. The fraction of sp³-hybridized carbons (Fsp3) is 0.588. The lowest BCUT2D eigenvalue weighted by atomic mass is 10.0. The van der Waals surface area contributed by atoms with Gasteiger partial charge in [0.1, 0.15) is 12.1 Å². The monoisotopic (exact) mass is 330 g/mol. The van der Waals surface area contributed by atoms with Crippen LogP contribution >= 0.6 is 11.3 Å². The maximum Gasteiger partial charge on any atom is 0.227 e. The SMILES string of the molecule is Cc1csc2c(N3CCC(C(=O)N4CCCCC4)C3)ncnc12. The number of anilines is 1. The molecule has 0 bridgehead atoms. The molecule has 0 radical (unpaired) electrons. The van der Waals surface area contributed by atoms with Crippen molar-refractivity contribution in [3.05, 3.63) is 17.3 Å². The smallest absolute Gasteiger partial charge is 0.227 e. The van der Waals surface area contributed by atoms with E-state index in [0.717, 1.165) is 61.5 Å². The second kappa shape index (κ2) is 6.07. The summed E-state index contributed by atoms with van der Waals surface area (Å²) in [5.74, 6) is 1.47. The molecule has 2 saturated heterocycles. The maximum absolute atomic E-state index is 12.7. The summed E-state index contributed by atoms with van der Waals surface area (Å²) in [6.07, 6.45) is 6.16. The Hall–Kier alpha value is -1.69. The van der Waals surface area contributed by atoms with Crippen molar-refractivity contribution in [3.63, 3.8) is 0 Å². The minimum Gasteiger partial charge on any atom is -0.355 e. The Balaban J connectivity index is 1.52. The van der Waals surface area contributed by atoms with Crippen molar-refractivity contribution in [2.24, 2.45) is 5.92 Å². The molecule has 2 aromatic rings. The molecule has 0 N–H and O–H groups in total. The quantitative estimate of drug-likeness (QED) is 0.849. The fourth-order valence-corrected chi connectivity index (χ4v) is 4.73. The zero-order valence-corrected chi connectivity index (χ0v) is 14.3. The van der Waals surface area contributed by atoms with Crippen LogP contribution in [-0.4, -0.2) is 47.0 Å². The lowest BCUT2D eigenvalue weighted by Gasteiger charge is -2.29. The van der Waals surface area contributed by atoms with Crippen molar-refractivity contribution < 1.29 is 4.79 Å². The predicted octanol–water partition coefficient (Wildman–Crippen LogP) is 2.84. The molecular formula is C17H22N4OS. The van der Waals surface area contributed by atoms with Crippen LogP contribution in [0.4, 0.5) is 5.82 Å². The fourth-order valence-electron chi connectivity index (χ4n) is 3.71. The van der Waals surface area contributed by atoms with Crippen molar-refractivity contribution >= 4 is 33.3 Å². The van der Waals surface area contributed by atoms with Gasteiger partial charge in [-0.05, 0) is 43.6 Å². The lowest BCUT2D eigenvalue weighted by Crippen LogP contribution is -2.40. The summed E-state index contributed by atoms with van der Waals surface area (Å²) >= 11 is 1.70. The van der Waals surface area contributed by atoms with Gasteiger partial charge in [0.05, 0.1) is 16.1 Å². The van der Waals surface area contributed by atoms with E-state index in [-0.39, 0.29) is 5.92 Å². The molecule has 2 fully saturated rings. The number of fused-ring (bicyclic) bond motifs is 1. The number of hydrogen-bond acceptors (Lipinski definition) is 5. The van der Waals surface area contributed by atoms with Crippen molar-refractivity contribution in [1.29, 1.82) is 0 Å². The Bertz CT molecular complexity index is 722. The first kappa shape index (κ1) is 14.9. The molecule has 1 amide bonds. The van der Waals surface area contributed by atoms with Crippen molar-refractivity contribution in [1.82, 2.24) is 14.9 Å². The number of hydrogen-bond donors (Lipinski definition) is 0. The molecule has 1 atom stereocenters. The van der Waals surface area contributed by atoms with Crippen LogP contribution in [0.25, 0.3) is 10.2 Å². The summed E-state index contributed by atoms with van der Waals surface area (Å²) in [6, 6.07) is 0. The van der Waals surface area contributed by atoms with Crippen LogP contribution in [0, 0.1) is 12.8 Å². The summed E-state index contributed by atoms with van der Waals surface area (Å²) < 4.78 is 1.15. The minimum atomic E-state index is 0.124. The Morgan fingerprint density at radius 3 is 2.87 bits per heavy atom. The Kier molecular flexibility index (Phi) is 3.93. The first-order valence-corrected chi connectivity index (χ1v) is 9.34. The Morgan fingerprint density at radius 2 is 2.04 bits per heavy atom. The predicted molar refractivity (Wildman–Crippen MR) is 92.9 cm³/mol. The molecule has 0 aromatic carbocycles. The van der Waals surface area contributed by atoms with Gasteiger partial charge in [-0.3, -0.25) is 4.79 Å². The second-order valence-corrected chi connectivity index (χ2v) is 7.49. The van der Waals surface area contributed by atoms with Crippen LogP contribution in [0.1, 0.15) is 31.2 Å². The van der Waals surface area contributed by atoms with Gasteiger partial charge in [0.15, 0.2) is 0 Å². The van der Waals surface area contributed by atoms with E-state index in [2.05, 4.69) is 32.1 Å². The number of rotatable bonds is 2. The molecule has 2 aliphatic heterocycles. The summed E-state index contributed by atoms with van der Waals surface area (Å²) in [5.41, 5.74) is 2.25. The summed E-state index contributed by atoms with van der Waals surface area (Å²) in [7, 11) is 0. The third kappa shape index (κ3) is 2.69. The molecule has 2 aromatic heterocycles. The van der Waals surface area contributed by atoms with Crippen LogP contribution in [0.3, 0.4) is 0 Å². The number of nitrogens with zero attached hydrogens (tertiary/aromatic N) is 4. The van der Waals surface area contributed by atoms with Crippen molar-refractivity contribution in [3.8, 4) is 0 Å². The molecule has 6 heteroatoms. The first-order chi connectivity index (χ1) is 11.2. The number of aryl methyl sites for hydroxylation is 1.